The molecule has 94 valence electrons. The fourth-order valence-corrected chi connectivity index (χ4v) is 1.20. The van der Waals surface area contributed by atoms with Gasteiger partial charge in [0.1, 0.15) is 5.82 Å². The Morgan fingerprint density at radius 3 is 2.12 bits per heavy atom. The van der Waals surface area contributed by atoms with Crippen molar-refractivity contribution in [1.82, 2.24) is 0 Å². The van der Waals surface area contributed by atoms with Gasteiger partial charge in [0, 0.05) is 6.42 Å². The number of halogens is 5. The highest BCUT2D eigenvalue weighted by atomic mass is 19.4. The predicted molar refractivity (Wildman–Crippen MR) is 47.6 cm³/mol. The van der Waals surface area contributed by atoms with E-state index in [1.165, 1.54) is 12.1 Å². The Morgan fingerprint density at radius 1 is 1.18 bits per heavy atom. The van der Waals surface area contributed by atoms with Gasteiger partial charge >= 0.3 is 17.8 Å². The molecule has 0 heterocycles. The van der Waals surface area contributed by atoms with Gasteiger partial charge in [0.15, 0.2) is 0 Å². The summed E-state index contributed by atoms with van der Waals surface area (Å²) in [7, 11) is 0. The number of hydrogen-bond donors (Lipinski definition) is 1. The number of carboxylic acid groups (broad SMARTS) is 1. The van der Waals surface area contributed by atoms with Crippen LogP contribution in [0.2, 0.25) is 0 Å². The van der Waals surface area contributed by atoms with E-state index < -0.39 is 35.6 Å². The minimum atomic E-state index is -5.61. The number of rotatable bonds is 3. The minimum absolute atomic E-state index is 0.644. The molecule has 0 radical (unpaired) electrons. The van der Waals surface area contributed by atoms with Gasteiger partial charge in [-0.05, 0) is 11.6 Å². The highest BCUT2D eigenvalue weighted by molar-refractivity contribution is 5.79. The van der Waals surface area contributed by atoms with Crippen molar-refractivity contribution < 1.29 is 31.9 Å². The molecule has 0 spiro atoms. The lowest BCUT2D eigenvalue weighted by Crippen LogP contribution is -2.50. The maximum atomic E-state index is 13.4. The zero-order valence-electron chi connectivity index (χ0n) is 8.26. The Hall–Kier alpha value is -1.66. The number of carboxylic acids is 1. The Morgan fingerprint density at radius 2 is 1.71 bits per heavy atom. The normalized spacial score (nSPS) is 15.4. The third kappa shape index (κ3) is 2.54. The molecule has 1 unspecified atom stereocenters. The molecule has 1 N–H and O–H groups in total. The van der Waals surface area contributed by atoms with E-state index in [1.807, 2.05) is 0 Å². The van der Waals surface area contributed by atoms with E-state index in [4.69, 9.17) is 5.11 Å². The van der Waals surface area contributed by atoms with Crippen molar-refractivity contribution in [2.75, 3.05) is 0 Å². The lowest BCUT2D eigenvalue weighted by molar-refractivity contribution is -0.235. The maximum absolute atomic E-state index is 13.4. The Balaban J connectivity index is 3.13. The molecule has 0 bridgehead atoms. The standard InChI is InChI=1S/C10H7F5O2/c11-7-4-2-1-3-6(7)5-9(12,8(16)17)10(13,14)15/h1-4H,5H2,(H,16,17). The molecule has 17 heavy (non-hydrogen) atoms. The quantitative estimate of drug-likeness (QED) is 0.842. The third-order valence-corrected chi connectivity index (χ3v) is 2.18. The van der Waals surface area contributed by atoms with Crippen LogP contribution in [-0.2, 0) is 11.2 Å². The molecular weight excluding hydrogens is 247 g/mol. The molecule has 0 aromatic heterocycles. The number of hydrogen-bond acceptors (Lipinski definition) is 1. The van der Waals surface area contributed by atoms with Crippen LogP contribution in [0.5, 0.6) is 0 Å². The summed E-state index contributed by atoms with van der Waals surface area (Å²) in [5.74, 6) is -3.77. The van der Waals surface area contributed by atoms with Gasteiger partial charge < -0.3 is 5.11 Å². The monoisotopic (exact) mass is 254 g/mol. The van der Waals surface area contributed by atoms with Crippen molar-refractivity contribution in [1.29, 1.82) is 0 Å². The fraction of sp³-hybridized carbons (Fsp3) is 0.300. The van der Waals surface area contributed by atoms with Gasteiger partial charge in [-0.2, -0.15) is 13.2 Å². The number of benzene rings is 1. The molecule has 0 saturated carbocycles. The molecule has 0 aliphatic rings. The highest BCUT2D eigenvalue weighted by Crippen LogP contribution is 2.37. The van der Waals surface area contributed by atoms with Gasteiger partial charge in [-0.25, -0.2) is 13.6 Å². The van der Waals surface area contributed by atoms with Crippen molar-refractivity contribution in [3.63, 3.8) is 0 Å². The first-order chi connectivity index (χ1) is 7.68. The van der Waals surface area contributed by atoms with Crippen LogP contribution in [0.25, 0.3) is 0 Å². The van der Waals surface area contributed by atoms with E-state index in [2.05, 4.69) is 0 Å². The summed E-state index contributed by atoms with van der Waals surface area (Å²) in [5, 5.41) is 8.30. The van der Waals surface area contributed by atoms with Crippen molar-refractivity contribution in [3.8, 4) is 0 Å². The van der Waals surface area contributed by atoms with E-state index in [-0.39, 0.29) is 0 Å². The van der Waals surface area contributed by atoms with E-state index in [1.54, 1.807) is 0 Å². The summed E-state index contributed by atoms with van der Waals surface area (Å²) in [6.45, 7) is 0. The molecule has 0 aliphatic heterocycles. The minimum Gasteiger partial charge on any atom is -0.479 e. The van der Waals surface area contributed by atoms with Crippen LogP contribution in [0.3, 0.4) is 0 Å². The number of aliphatic carboxylic acids is 1. The van der Waals surface area contributed by atoms with E-state index in [9.17, 15) is 26.7 Å². The summed E-state index contributed by atoms with van der Waals surface area (Å²) in [5.41, 5.74) is -5.13. The van der Waals surface area contributed by atoms with Gasteiger partial charge in [-0.1, -0.05) is 18.2 Å². The van der Waals surface area contributed by atoms with E-state index in [0.717, 1.165) is 12.1 Å². The molecule has 1 aromatic rings. The van der Waals surface area contributed by atoms with Crippen molar-refractivity contribution in [2.45, 2.75) is 18.3 Å². The van der Waals surface area contributed by atoms with Crippen LogP contribution >= 0.6 is 0 Å². The van der Waals surface area contributed by atoms with Crippen LogP contribution in [0, 0.1) is 5.82 Å². The second kappa shape index (κ2) is 4.31. The van der Waals surface area contributed by atoms with E-state index in [0.29, 0.717) is 0 Å². The van der Waals surface area contributed by atoms with Gasteiger partial charge in [-0.15, -0.1) is 0 Å². The molecule has 7 heteroatoms. The summed E-state index contributed by atoms with van der Waals surface area (Å²) in [4.78, 5) is 10.4. The first-order valence-electron chi connectivity index (χ1n) is 4.41. The molecule has 1 atom stereocenters. The van der Waals surface area contributed by atoms with E-state index >= 15 is 0 Å². The topological polar surface area (TPSA) is 37.3 Å². The summed E-state index contributed by atoms with van der Waals surface area (Å²) in [6, 6.07) is 4.12. The summed E-state index contributed by atoms with van der Waals surface area (Å²) >= 11 is 0. The number of alkyl halides is 4. The third-order valence-electron chi connectivity index (χ3n) is 2.18. The Labute approximate surface area is 92.7 Å². The SMILES string of the molecule is O=C(O)C(F)(Cc1ccccc1F)C(F)(F)F. The number of carbonyl (C=O) groups is 1. The second-order valence-electron chi connectivity index (χ2n) is 3.37. The zero-order valence-corrected chi connectivity index (χ0v) is 8.26. The zero-order chi connectivity index (χ0) is 13.3. The van der Waals surface area contributed by atoms with Crippen LogP contribution < -0.4 is 0 Å². The first-order valence-corrected chi connectivity index (χ1v) is 4.41. The van der Waals surface area contributed by atoms with Gasteiger partial charge in [0.25, 0.3) is 0 Å². The molecule has 1 rings (SSSR count). The highest BCUT2D eigenvalue weighted by Gasteiger charge is 2.62. The van der Waals surface area contributed by atoms with Crippen LogP contribution in [0.1, 0.15) is 5.56 Å². The fourth-order valence-electron chi connectivity index (χ4n) is 1.20. The van der Waals surface area contributed by atoms with Gasteiger partial charge in [0.05, 0.1) is 0 Å². The Kier molecular flexibility index (Phi) is 3.40. The summed E-state index contributed by atoms with van der Waals surface area (Å²) < 4.78 is 63.3. The largest absolute Gasteiger partial charge is 0.479 e. The molecular formula is C10H7F5O2. The van der Waals surface area contributed by atoms with Crippen LogP contribution in [-0.4, -0.2) is 22.9 Å². The molecule has 2 nitrogen and oxygen atoms in total. The first kappa shape index (κ1) is 13.4. The van der Waals surface area contributed by atoms with Gasteiger partial charge in [-0.3, -0.25) is 0 Å². The van der Waals surface area contributed by atoms with Crippen molar-refractivity contribution >= 4 is 5.97 Å². The molecule has 0 fully saturated rings. The second-order valence-corrected chi connectivity index (χ2v) is 3.37. The van der Waals surface area contributed by atoms with Gasteiger partial charge in [0.2, 0.25) is 0 Å². The lowest BCUT2D eigenvalue weighted by atomic mass is 9.95. The van der Waals surface area contributed by atoms with Crippen LogP contribution in [0.4, 0.5) is 22.0 Å². The molecule has 0 saturated heterocycles. The smallest absolute Gasteiger partial charge is 0.433 e. The van der Waals surface area contributed by atoms with Crippen molar-refractivity contribution in [2.24, 2.45) is 0 Å². The van der Waals surface area contributed by atoms with Crippen molar-refractivity contribution in [3.05, 3.63) is 35.6 Å². The predicted octanol–water partition coefficient (Wildman–Crippen LogP) is 2.72. The average molecular weight is 254 g/mol. The lowest BCUT2D eigenvalue weighted by Gasteiger charge is -2.23. The summed E-state index contributed by atoms with van der Waals surface area (Å²) in [6.07, 6.45) is -7.21. The molecule has 0 aliphatic carbocycles. The van der Waals surface area contributed by atoms with Crippen LogP contribution in [0.15, 0.2) is 24.3 Å². The molecule has 0 amide bonds. The maximum Gasteiger partial charge on any atom is 0.433 e. The molecule has 1 aromatic carbocycles. The average Bonchev–Trinajstić information content (AvgIpc) is 2.19. The Bertz CT molecular complexity index is 429.